The second kappa shape index (κ2) is 18.3. The van der Waals surface area contributed by atoms with Crippen LogP contribution >= 0.6 is 0 Å². The molecule has 0 fully saturated rings. The average molecular weight is 206 g/mol. The SMILES string of the molecule is C[CH-]CCCCC.FB(F)F.[K+]. The zero-order valence-electron chi connectivity index (χ0n) is 8.12. The van der Waals surface area contributed by atoms with Crippen molar-refractivity contribution in [3.05, 3.63) is 6.42 Å². The van der Waals surface area contributed by atoms with Gasteiger partial charge in [-0.15, -0.1) is 0 Å². The molecule has 0 bridgehead atoms. The quantitative estimate of drug-likeness (QED) is 0.360. The molecule has 0 aliphatic rings. The summed E-state index contributed by atoms with van der Waals surface area (Å²) in [5, 5.41) is 0. The van der Waals surface area contributed by atoms with Gasteiger partial charge in [-0.1, -0.05) is 26.2 Å². The minimum atomic E-state index is -3.67. The van der Waals surface area contributed by atoms with Gasteiger partial charge in [-0.3, -0.25) is 12.9 Å². The monoisotopic (exact) mass is 206 g/mol. The van der Waals surface area contributed by atoms with E-state index in [0.717, 1.165) is 0 Å². The number of halogens is 3. The van der Waals surface area contributed by atoms with Crippen LogP contribution in [0.4, 0.5) is 12.9 Å². The van der Waals surface area contributed by atoms with E-state index in [-0.39, 0.29) is 51.4 Å². The maximum absolute atomic E-state index is 9.67. The molecule has 0 N–H and O–H groups in total. The molecule has 0 aliphatic heterocycles. The Hall–Kier alpha value is 1.49. The maximum atomic E-state index is 9.67. The van der Waals surface area contributed by atoms with E-state index >= 15 is 0 Å². The van der Waals surface area contributed by atoms with Crippen molar-refractivity contribution < 1.29 is 64.3 Å². The normalized spacial score (nSPS) is 7.75. The van der Waals surface area contributed by atoms with E-state index in [4.69, 9.17) is 0 Å². The van der Waals surface area contributed by atoms with E-state index in [1.54, 1.807) is 0 Å². The van der Waals surface area contributed by atoms with Gasteiger partial charge < -0.3 is 6.42 Å². The van der Waals surface area contributed by atoms with E-state index in [1.807, 2.05) is 0 Å². The molecule has 0 unspecified atom stereocenters. The van der Waals surface area contributed by atoms with Gasteiger partial charge in [-0.25, -0.2) is 0 Å². The zero-order valence-corrected chi connectivity index (χ0v) is 11.2. The molecular formula is C7H15BF3K. The Labute approximate surface area is 116 Å². The smallest absolute Gasteiger partial charge is 0.332 e. The summed E-state index contributed by atoms with van der Waals surface area (Å²) >= 11 is 0. The fraction of sp³-hybridized carbons (Fsp3) is 0.857. The van der Waals surface area contributed by atoms with Crippen molar-refractivity contribution >= 4 is 7.54 Å². The van der Waals surface area contributed by atoms with Crippen molar-refractivity contribution in [3.8, 4) is 0 Å². The Morgan fingerprint density at radius 3 is 1.83 bits per heavy atom. The van der Waals surface area contributed by atoms with E-state index in [0.29, 0.717) is 0 Å². The Bertz CT molecular complexity index is 57.9. The zero-order chi connectivity index (χ0) is 9.11. The summed E-state index contributed by atoms with van der Waals surface area (Å²) in [6, 6.07) is 0. The Kier molecular flexibility index (Phi) is 29.2. The van der Waals surface area contributed by atoms with Gasteiger partial charge >= 0.3 is 58.9 Å². The summed E-state index contributed by atoms with van der Waals surface area (Å²) in [6.45, 7) is 4.35. The summed E-state index contributed by atoms with van der Waals surface area (Å²) in [5.41, 5.74) is 0. The van der Waals surface area contributed by atoms with Crippen molar-refractivity contribution in [1.29, 1.82) is 0 Å². The number of rotatable bonds is 4. The van der Waals surface area contributed by atoms with Crippen LogP contribution < -0.4 is 51.4 Å². The number of hydrogen-bond donors (Lipinski definition) is 0. The second-order valence-corrected chi connectivity index (χ2v) is 2.15. The topological polar surface area (TPSA) is 0 Å². The molecule has 0 aromatic heterocycles. The van der Waals surface area contributed by atoms with Crippen LogP contribution in [-0.4, -0.2) is 7.54 Å². The molecule has 0 spiro atoms. The van der Waals surface area contributed by atoms with Gasteiger partial charge in [-0.2, -0.15) is 13.3 Å². The summed E-state index contributed by atoms with van der Waals surface area (Å²) in [4.78, 5) is 0. The molecule has 0 nitrogen and oxygen atoms in total. The van der Waals surface area contributed by atoms with Gasteiger partial charge in [0.05, 0.1) is 0 Å². The molecule has 68 valence electrons. The van der Waals surface area contributed by atoms with Crippen LogP contribution in [0.2, 0.25) is 0 Å². The largest absolute Gasteiger partial charge is 1.00 e. The minimum absolute atomic E-state index is 0. The van der Waals surface area contributed by atoms with E-state index < -0.39 is 7.54 Å². The van der Waals surface area contributed by atoms with Crippen LogP contribution in [0.3, 0.4) is 0 Å². The molecule has 0 heterocycles. The van der Waals surface area contributed by atoms with Crippen LogP contribution in [0.15, 0.2) is 0 Å². The first kappa shape index (κ1) is 19.1. The first-order valence-electron chi connectivity index (χ1n) is 3.85. The molecule has 0 radical (unpaired) electrons. The molecule has 0 aromatic rings. The van der Waals surface area contributed by atoms with Crippen LogP contribution in [0.5, 0.6) is 0 Å². The second-order valence-electron chi connectivity index (χ2n) is 2.15. The maximum Gasteiger partial charge on any atom is 1.00 e. The van der Waals surface area contributed by atoms with Crippen LogP contribution in [-0.2, 0) is 0 Å². The fourth-order valence-corrected chi connectivity index (χ4v) is 0.598. The van der Waals surface area contributed by atoms with Gasteiger partial charge in [0, 0.05) is 0 Å². The summed E-state index contributed by atoms with van der Waals surface area (Å²) < 4.78 is 29.0. The Morgan fingerprint density at radius 2 is 1.58 bits per heavy atom. The van der Waals surface area contributed by atoms with Crippen LogP contribution in [0, 0.1) is 6.42 Å². The third-order valence-electron chi connectivity index (χ3n) is 1.10. The Balaban J connectivity index is -0.000000142. The first-order chi connectivity index (χ1) is 5.15. The molecule has 0 saturated carbocycles. The third kappa shape index (κ3) is 41.9. The molecule has 0 rings (SSSR count). The van der Waals surface area contributed by atoms with E-state index in [9.17, 15) is 12.9 Å². The van der Waals surface area contributed by atoms with Crippen molar-refractivity contribution in [1.82, 2.24) is 0 Å². The van der Waals surface area contributed by atoms with Gasteiger partial charge in [0.2, 0.25) is 0 Å². The molecular weight excluding hydrogens is 191 g/mol. The predicted octanol–water partition coefficient (Wildman–Crippen LogP) is 0.675. The van der Waals surface area contributed by atoms with Crippen molar-refractivity contribution in [3.63, 3.8) is 0 Å². The van der Waals surface area contributed by atoms with E-state index in [2.05, 4.69) is 20.3 Å². The van der Waals surface area contributed by atoms with Crippen molar-refractivity contribution in [2.45, 2.75) is 39.5 Å². The molecule has 0 amide bonds. The third-order valence-corrected chi connectivity index (χ3v) is 1.10. The molecule has 0 aromatic carbocycles. The minimum Gasteiger partial charge on any atom is -0.332 e. The van der Waals surface area contributed by atoms with Crippen molar-refractivity contribution in [2.24, 2.45) is 0 Å². The van der Waals surface area contributed by atoms with Gasteiger partial charge in [0.1, 0.15) is 0 Å². The Morgan fingerprint density at radius 1 is 1.17 bits per heavy atom. The standard InChI is InChI=1S/C7H15.BF3.K/c1-3-5-7-6-4-2;2-1(3)4;/h3H,4-7H2,1-2H3;;/q-1;;+1. The summed E-state index contributed by atoms with van der Waals surface area (Å²) in [7, 11) is -3.67. The first-order valence-corrected chi connectivity index (χ1v) is 3.85. The van der Waals surface area contributed by atoms with Crippen LogP contribution in [0.1, 0.15) is 39.5 Å². The molecule has 12 heavy (non-hydrogen) atoms. The van der Waals surface area contributed by atoms with E-state index in [1.165, 1.54) is 25.7 Å². The summed E-state index contributed by atoms with van der Waals surface area (Å²) in [5.74, 6) is 0. The van der Waals surface area contributed by atoms with Gasteiger partial charge in [0.25, 0.3) is 0 Å². The van der Waals surface area contributed by atoms with Gasteiger partial charge in [-0.05, 0) is 0 Å². The molecule has 0 aliphatic carbocycles. The molecule has 0 saturated heterocycles. The molecule has 5 heteroatoms. The predicted molar refractivity (Wildman–Crippen MR) is 43.2 cm³/mol. The molecule has 0 atom stereocenters. The summed E-state index contributed by atoms with van der Waals surface area (Å²) in [6.07, 6.45) is 7.65. The number of unbranched alkanes of at least 4 members (excludes halogenated alkanes) is 4. The van der Waals surface area contributed by atoms with Crippen molar-refractivity contribution in [2.75, 3.05) is 0 Å². The van der Waals surface area contributed by atoms with Crippen LogP contribution in [0.25, 0.3) is 0 Å². The average Bonchev–Trinajstić information content (AvgIpc) is 1.88. The fourth-order valence-electron chi connectivity index (χ4n) is 0.598. The number of hydrogen-bond acceptors (Lipinski definition) is 0. The van der Waals surface area contributed by atoms with Gasteiger partial charge in [0.15, 0.2) is 0 Å².